The molecule has 1 aliphatic rings. The minimum atomic E-state index is -0.668. The quantitative estimate of drug-likeness (QED) is 0.226. The van der Waals surface area contributed by atoms with Crippen LogP contribution in [-0.4, -0.2) is 22.2 Å². The van der Waals surface area contributed by atoms with Crippen molar-refractivity contribution in [1.82, 2.24) is 9.88 Å². The summed E-state index contributed by atoms with van der Waals surface area (Å²) in [6, 6.07) is 20.0. The molecule has 0 aliphatic carbocycles. The standard InChI is InChI=1S/C25H17ClN2O3/c26-18-8-9-22-20(11-18)17(10-21-23(29)12-24(30)27-25(21)31)14-28(22)13-16-6-3-5-15-4-1-2-7-19(15)16/h1-11,14H,12-13H2,(H,27,30,31)/b21-10-. The van der Waals surface area contributed by atoms with Crippen LogP contribution in [0.25, 0.3) is 27.8 Å². The van der Waals surface area contributed by atoms with Gasteiger partial charge in [0.1, 0.15) is 0 Å². The number of rotatable bonds is 3. The predicted octanol–water partition coefficient (Wildman–Crippen LogP) is 4.50. The summed E-state index contributed by atoms with van der Waals surface area (Å²) in [7, 11) is 0. The maximum atomic E-state index is 12.3. The van der Waals surface area contributed by atoms with E-state index < -0.39 is 17.6 Å². The molecule has 6 heteroatoms. The molecule has 0 bridgehead atoms. The van der Waals surface area contributed by atoms with Crippen molar-refractivity contribution in [3.8, 4) is 0 Å². The first kappa shape index (κ1) is 19.3. The van der Waals surface area contributed by atoms with Crippen molar-refractivity contribution in [3.63, 3.8) is 0 Å². The molecular formula is C25H17ClN2O3. The fraction of sp³-hybridized carbons (Fsp3) is 0.0800. The van der Waals surface area contributed by atoms with Gasteiger partial charge in [-0.3, -0.25) is 19.7 Å². The summed E-state index contributed by atoms with van der Waals surface area (Å²) in [4.78, 5) is 35.9. The van der Waals surface area contributed by atoms with Crippen LogP contribution >= 0.6 is 11.6 Å². The third-order valence-corrected chi connectivity index (χ3v) is 5.75. The zero-order chi connectivity index (χ0) is 21.5. The SMILES string of the molecule is O=C1CC(=O)/C(=C/c2cn(Cc3cccc4ccccc34)c3ccc(Cl)cc23)C(=O)N1. The monoisotopic (exact) mass is 428 g/mol. The minimum Gasteiger partial charge on any atom is -0.342 e. The molecule has 5 nitrogen and oxygen atoms in total. The third-order valence-electron chi connectivity index (χ3n) is 5.51. The summed E-state index contributed by atoms with van der Waals surface area (Å²) in [6.45, 7) is 0.612. The van der Waals surface area contributed by atoms with Crippen molar-refractivity contribution >= 4 is 56.9 Å². The number of carbonyl (C=O) groups excluding carboxylic acids is 3. The lowest BCUT2D eigenvalue weighted by Gasteiger charge is -2.12. The molecule has 31 heavy (non-hydrogen) atoms. The molecule has 0 radical (unpaired) electrons. The first-order valence-corrected chi connectivity index (χ1v) is 10.2. The van der Waals surface area contributed by atoms with Gasteiger partial charge < -0.3 is 4.57 Å². The number of aromatic nitrogens is 1. The molecule has 2 heterocycles. The maximum absolute atomic E-state index is 12.3. The Kier molecular flexibility index (Phi) is 4.68. The largest absolute Gasteiger partial charge is 0.342 e. The van der Waals surface area contributed by atoms with E-state index in [0.717, 1.165) is 21.9 Å². The fourth-order valence-electron chi connectivity index (χ4n) is 4.06. The second-order valence-electron chi connectivity index (χ2n) is 7.55. The molecule has 5 rings (SSSR count). The second-order valence-corrected chi connectivity index (χ2v) is 7.98. The Labute approximate surface area is 182 Å². The number of nitrogens with one attached hydrogen (secondary N) is 1. The number of hydrogen-bond donors (Lipinski definition) is 1. The molecule has 4 aromatic rings. The van der Waals surface area contributed by atoms with Crippen LogP contribution in [0.1, 0.15) is 17.5 Å². The van der Waals surface area contributed by atoms with Crippen LogP contribution in [0.2, 0.25) is 5.02 Å². The number of ketones is 1. The Hall–Kier alpha value is -3.70. The lowest BCUT2D eigenvalue weighted by Crippen LogP contribution is -2.40. The third kappa shape index (κ3) is 3.53. The van der Waals surface area contributed by atoms with E-state index in [0.29, 0.717) is 17.1 Å². The van der Waals surface area contributed by atoms with E-state index in [2.05, 4.69) is 34.1 Å². The Morgan fingerprint density at radius 3 is 2.61 bits per heavy atom. The van der Waals surface area contributed by atoms with Crippen LogP contribution in [0.5, 0.6) is 0 Å². The number of piperidine rings is 1. The average molecular weight is 429 g/mol. The molecule has 0 unspecified atom stereocenters. The van der Waals surface area contributed by atoms with Crippen LogP contribution in [0.15, 0.2) is 72.4 Å². The van der Waals surface area contributed by atoms with E-state index in [1.54, 1.807) is 6.08 Å². The Morgan fingerprint density at radius 2 is 1.77 bits per heavy atom. The zero-order valence-electron chi connectivity index (χ0n) is 16.4. The highest BCUT2D eigenvalue weighted by Crippen LogP contribution is 2.29. The number of hydrogen-bond acceptors (Lipinski definition) is 3. The predicted molar refractivity (Wildman–Crippen MR) is 121 cm³/mol. The molecule has 1 saturated heterocycles. The van der Waals surface area contributed by atoms with E-state index in [-0.39, 0.29) is 12.0 Å². The van der Waals surface area contributed by atoms with Gasteiger partial charge in [-0.15, -0.1) is 0 Å². The first-order valence-electron chi connectivity index (χ1n) is 9.84. The molecule has 1 N–H and O–H groups in total. The molecule has 1 aromatic heterocycles. The van der Waals surface area contributed by atoms with Crippen LogP contribution in [0.4, 0.5) is 0 Å². The second kappa shape index (κ2) is 7.52. The van der Waals surface area contributed by atoms with Crippen molar-refractivity contribution in [2.75, 3.05) is 0 Å². The lowest BCUT2D eigenvalue weighted by molar-refractivity contribution is -0.134. The van der Waals surface area contributed by atoms with E-state index in [1.165, 1.54) is 5.39 Å². The van der Waals surface area contributed by atoms with Gasteiger partial charge in [-0.25, -0.2) is 0 Å². The van der Waals surface area contributed by atoms with Crippen LogP contribution in [0, 0.1) is 0 Å². The van der Waals surface area contributed by atoms with Gasteiger partial charge in [-0.05, 0) is 40.6 Å². The summed E-state index contributed by atoms with van der Waals surface area (Å²) in [6.07, 6.45) is 3.13. The van der Waals surface area contributed by atoms with E-state index >= 15 is 0 Å². The van der Waals surface area contributed by atoms with Crippen molar-refractivity contribution < 1.29 is 14.4 Å². The summed E-state index contributed by atoms with van der Waals surface area (Å²) < 4.78 is 2.08. The number of benzene rings is 3. The number of imide groups is 1. The summed E-state index contributed by atoms with van der Waals surface area (Å²) in [5.74, 6) is -1.72. The Bertz CT molecular complexity index is 1400. The minimum absolute atomic E-state index is 0.0243. The van der Waals surface area contributed by atoms with Crippen LogP contribution in [0.3, 0.4) is 0 Å². The number of amides is 2. The normalized spacial score (nSPS) is 15.8. The molecule has 1 aliphatic heterocycles. The number of halogens is 1. The first-order chi connectivity index (χ1) is 15.0. The Balaban J connectivity index is 1.64. The summed E-state index contributed by atoms with van der Waals surface area (Å²) >= 11 is 6.24. The smallest absolute Gasteiger partial charge is 0.261 e. The van der Waals surface area contributed by atoms with Crippen molar-refractivity contribution in [3.05, 3.63) is 88.6 Å². The van der Waals surface area contributed by atoms with Gasteiger partial charge in [-0.1, -0.05) is 54.1 Å². The molecule has 1 fully saturated rings. The van der Waals surface area contributed by atoms with Crippen molar-refractivity contribution in [2.24, 2.45) is 0 Å². The molecule has 2 amide bonds. The van der Waals surface area contributed by atoms with E-state index in [9.17, 15) is 14.4 Å². The molecule has 0 saturated carbocycles. The average Bonchev–Trinajstić information content (AvgIpc) is 3.07. The molecular weight excluding hydrogens is 412 g/mol. The van der Waals surface area contributed by atoms with Crippen LogP contribution in [-0.2, 0) is 20.9 Å². The highest BCUT2D eigenvalue weighted by atomic mass is 35.5. The van der Waals surface area contributed by atoms with Gasteiger partial charge in [0.05, 0.1) is 12.0 Å². The molecule has 152 valence electrons. The van der Waals surface area contributed by atoms with Gasteiger partial charge in [0, 0.05) is 34.2 Å². The number of fused-ring (bicyclic) bond motifs is 2. The lowest BCUT2D eigenvalue weighted by atomic mass is 10.0. The highest BCUT2D eigenvalue weighted by Gasteiger charge is 2.28. The van der Waals surface area contributed by atoms with Crippen LogP contribution < -0.4 is 5.32 Å². The summed E-state index contributed by atoms with van der Waals surface area (Å²) in [5, 5.41) is 5.93. The maximum Gasteiger partial charge on any atom is 0.261 e. The molecule has 0 atom stereocenters. The van der Waals surface area contributed by atoms with Crippen molar-refractivity contribution in [2.45, 2.75) is 13.0 Å². The fourth-order valence-corrected chi connectivity index (χ4v) is 4.24. The van der Waals surface area contributed by atoms with Crippen molar-refractivity contribution in [1.29, 1.82) is 0 Å². The van der Waals surface area contributed by atoms with Gasteiger partial charge in [-0.2, -0.15) is 0 Å². The van der Waals surface area contributed by atoms with E-state index in [4.69, 9.17) is 11.6 Å². The van der Waals surface area contributed by atoms with Gasteiger partial charge in [0.15, 0.2) is 5.78 Å². The highest BCUT2D eigenvalue weighted by molar-refractivity contribution is 6.33. The number of Topliss-reactive ketones (excluding diaryl/α,β-unsaturated/α-hetero) is 1. The number of carbonyl (C=O) groups is 3. The summed E-state index contributed by atoms with van der Waals surface area (Å²) in [5.41, 5.74) is 2.76. The van der Waals surface area contributed by atoms with Gasteiger partial charge >= 0.3 is 0 Å². The van der Waals surface area contributed by atoms with Gasteiger partial charge in [0.2, 0.25) is 5.91 Å². The molecule has 0 spiro atoms. The van der Waals surface area contributed by atoms with Gasteiger partial charge in [0.25, 0.3) is 5.91 Å². The van der Waals surface area contributed by atoms with E-state index in [1.807, 2.05) is 42.6 Å². The zero-order valence-corrected chi connectivity index (χ0v) is 17.1. The Morgan fingerprint density at radius 1 is 0.968 bits per heavy atom. The molecule has 3 aromatic carbocycles. The number of nitrogens with zero attached hydrogens (tertiary/aromatic N) is 1. The topological polar surface area (TPSA) is 68.2 Å².